The van der Waals surface area contributed by atoms with Gasteiger partial charge >= 0.3 is 0 Å². The van der Waals surface area contributed by atoms with E-state index in [4.69, 9.17) is 17.0 Å². The predicted molar refractivity (Wildman–Crippen MR) is 109 cm³/mol. The summed E-state index contributed by atoms with van der Waals surface area (Å²) in [4.78, 5) is 31.3. The predicted octanol–water partition coefficient (Wildman–Crippen LogP) is 3.46. The van der Waals surface area contributed by atoms with Crippen LogP contribution in [0.1, 0.15) is 5.56 Å². The summed E-state index contributed by atoms with van der Waals surface area (Å²) in [6.07, 6.45) is 2.94. The minimum Gasteiger partial charge on any atom is -0.435 e. The standard InChI is InChI=1S/C19H12FN3O3S2/c1-22-18(25)14(28-19(22)27)10-11-16(26-13-7-3-2-6-12(13)20)21-15-8-4-5-9-23(15)17(11)24/h2-10H,1H3. The van der Waals surface area contributed by atoms with Crippen molar-refractivity contribution >= 4 is 45.9 Å². The summed E-state index contributed by atoms with van der Waals surface area (Å²) in [5.74, 6) is -1.09. The van der Waals surface area contributed by atoms with Gasteiger partial charge in [-0.1, -0.05) is 42.2 Å². The van der Waals surface area contributed by atoms with Crippen LogP contribution >= 0.6 is 24.0 Å². The van der Waals surface area contributed by atoms with Crippen LogP contribution in [0.4, 0.5) is 4.39 Å². The zero-order chi connectivity index (χ0) is 19.8. The minimum atomic E-state index is -0.594. The number of halogens is 1. The third-order valence-corrected chi connectivity index (χ3v) is 5.52. The molecule has 2 aromatic heterocycles. The molecule has 1 saturated heterocycles. The second kappa shape index (κ2) is 7.17. The summed E-state index contributed by atoms with van der Waals surface area (Å²) in [7, 11) is 1.56. The number of pyridine rings is 1. The number of likely N-dealkylation sites (N-methyl/N-ethyl adjacent to an activating group) is 1. The summed E-state index contributed by atoms with van der Waals surface area (Å²) in [6, 6.07) is 10.8. The molecule has 0 atom stereocenters. The zero-order valence-electron chi connectivity index (χ0n) is 14.5. The lowest BCUT2D eigenvalue weighted by Gasteiger charge is -2.10. The van der Waals surface area contributed by atoms with Gasteiger partial charge in [-0.15, -0.1) is 0 Å². The number of benzene rings is 1. The Bertz CT molecular complexity index is 1220. The topological polar surface area (TPSA) is 63.9 Å². The third-order valence-electron chi connectivity index (χ3n) is 4.04. The fourth-order valence-electron chi connectivity index (χ4n) is 2.59. The Morgan fingerprint density at radius 1 is 1.18 bits per heavy atom. The molecule has 1 fully saturated rings. The van der Waals surface area contributed by atoms with Gasteiger partial charge in [0, 0.05) is 13.2 Å². The maximum absolute atomic E-state index is 14.1. The van der Waals surface area contributed by atoms with E-state index >= 15 is 0 Å². The molecule has 0 bridgehead atoms. The second-order valence-electron chi connectivity index (χ2n) is 5.84. The van der Waals surface area contributed by atoms with Gasteiger partial charge in [0.15, 0.2) is 11.6 Å². The summed E-state index contributed by atoms with van der Waals surface area (Å²) < 4.78 is 21.4. The first-order valence-electron chi connectivity index (χ1n) is 8.11. The lowest BCUT2D eigenvalue weighted by Crippen LogP contribution is -2.23. The van der Waals surface area contributed by atoms with Crippen molar-refractivity contribution in [3.63, 3.8) is 0 Å². The average molecular weight is 413 g/mol. The molecule has 0 aliphatic carbocycles. The summed E-state index contributed by atoms with van der Waals surface area (Å²) in [6.45, 7) is 0. The minimum absolute atomic E-state index is 0.0286. The van der Waals surface area contributed by atoms with Gasteiger partial charge in [0.25, 0.3) is 11.5 Å². The van der Waals surface area contributed by atoms with Crippen LogP contribution in [0.5, 0.6) is 11.6 Å². The zero-order valence-corrected chi connectivity index (χ0v) is 16.1. The molecule has 140 valence electrons. The molecule has 3 heterocycles. The average Bonchev–Trinajstić information content (AvgIpc) is 2.93. The fourth-order valence-corrected chi connectivity index (χ4v) is 3.75. The molecule has 0 radical (unpaired) electrons. The molecule has 1 aromatic carbocycles. The van der Waals surface area contributed by atoms with Gasteiger partial charge < -0.3 is 4.74 Å². The third kappa shape index (κ3) is 3.19. The quantitative estimate of drug-likeness (QED) is 0.484. The highest BCUT2D eigenvalue weighted by Crippen LogP contribution is 2.33. The fraction of sp³-hybridized carbons (Fsp3) is 0.0526. The highest BCUT2D eigenvalue weighted by atomic mass is 32.2. The van der Waals surface area contributed by atoms with E-state index in [-0.39, 0.29) is 28.0 Å². The Labute approximate surface area is 168 Å². The van der Waals surface area contributed by atoms with E-state index in [1.165, 1.54) is 33.6 Å². The van der Waals surface area contributed by atoms with Crippen molar-refractivity contribution in [3.8, 4) is 11.6 Å². The largest absolute Gasteiger partial charge is 0.435 e. The molecule has 4 rings (SSSR count). The van der Waals surface area contributed by atoms with Crippen LogP contribution in [0.15, 0.2) is 58.4 Å². The van der Waals surface area contributed by atoms with Gasteiger partial charge in [0.05, 0.1) is 4.91 Å². The maximum atomic E-state index is 14.1. The van der Waals surface area contributed by atoms with E-state index in [1.807, 2.05) is 0 Å². The molecule has 3 aromatic rings. The number of para-hydroxylation sites is 1. The lowest BCUT2D eigenvalue weighted by molar-refractivity contribution is -0.121. The molecule has 0 N–H and O–H groups in total. The number of amides is 1. The van der Waals surface area contributed by atoms with Gasteiger partial charge in [-0.25, -0.2) is 4.39 Å². The number of rotatable bonds is 3. The number of carbonyl (C=O) groups excluding carboxylic acids is 1. The molecule has 6 nitrogen and oxygen atoms in total. The van der Waals surface area contributed by atoms with Crippen molar-refractivity contribution in [2.45, 2.75) is 0 Å². The van der Waals surface area contributed by atoms with Crippen molar-refractivity contribution in [3.05, 3.63) is 75.3 Å². The number of aromatic nitrogens is 2. The number of nitrogens with zero attached hydrogens (tertiary/aromatic N) is 3. The van der Waals surface area contributed by atoms with Crippen LogP contribution in [-0.4, -0.2) is 31.6 Å². The van der Waals surface area contributed by atoms with Gasteiger partial charge in [-0.3, -0.25) is 18.9 Å². The SMILES string of the molecule is CN1C(=O)C(=Cc2c(Oc3ccccc3F)nc3ccccn3c2=O)SC1=S. The Morgan fingerprint density at radius 3 is 2.64 bits per heavy atom. The first kappa shape index (κ1) is 18.3. The van der Waals surface area contributed by atoms with Crippen LogP contribution in [0.3, 0.4) is 0 Å². The molecule has 0 unspecified atom stereocenters. The Balaban J connectivity index is 1.92. The molecule has 9 heteroatoms. The van der Waals surface area contributed by atoms with Crippen LogP contribution in [-0.2, 0) is 4.79 Å². The molecule has 1 amide bonds. The molecular formula is C19H12FN3O3S2. The second-order valence-corrected chi connectivity index (χ2v) is 7.51. The van der Waals surface area contributed by atoms with E-state index < -0.39 is 11.4 Å². The molecular weight excluding hydrogens is 401 g/mol. The van der Waals surface area contributed by atoms with Crippen molar-refractivity contribution in [1.29, 1.82) is 0 Å². The van der Waals surface area contributed by atoms with E-state index in [0.717, 1.165) is 11.8 Å². The van der Waals surface area contributed by atoms with Gasteiger partial charge in [0.1, 0.15) is 15.5 Å². The first-order chi connectivity index (χ1) is 13.5. The van der Waals surface area contributed by atoms with Crippen LogP contribution < -0.4 is 10.3 Å². The van der Waals surface area contributed by atoms with Crippen LogP contribution in [0.2, 0.25) is 0 Å². The Kier molecular flexibility index (Phi) is 4.70. The molecule has 1 aliphatic heterocycles. The van der Waals surface area contributed by atoms with Crippen molar-refractivity contribution in [1.82, 2.24) is 14.3 Å². The lowest BCUT2D eigenvalue weighted by atomic mass is 10.2. The smallest absolute Gasteiger partial charge is 0.269 e. The van der Waals surface area contributed by atoms with Crippen molar-refractivity contribution in [2.24, 2.45) is 0 Å². The van der Waals surface area contributed by atoms with Gasteiger partial charge in [-0.05, 0) is 30.3 Å². The highest BCUT2D eigenvalue weighted by molar-refractivity contribution is 8.26. The normalized spacial score (nSPS) is 15.6. The van der Waals surface area contributed by atoms with E-state index in [2.05, 4.69) is 4.98 Å². The highest BCUT2D eigenvalue weighted by Gasteiger charge is 2.30. The van der Waals surface area contributed by atoms with E-state index in [1.54, 1.807) is 37.5 Å². The molecule has 0 spiro atoms. The number of thiocarbonyl (C=S) groups is 1. The number of hydrogen-bond donors (Lipinski definition) is 0. The summed E-state index contributed by atoms with van der Waals surface area (Å²) in [5.41, 5.74) is -0.0850. The number of ether oxygens (including phenoxy) is 1. The molecule has 0 saturated carbocycles. The molecule has 1 aliphatic rings. The first-order valence-corrected chi connectivity index (χ1v) is 9.33. The number of carbonyl (C=O) groups is 1. The van der Waals surface area contributed by atoms with E-state index in [0.29, 0.717) is 9.97 Å². The van der Waals surface area contributed by atoms with Crippen LogP contribution in [0, 0.1) is 5.82 Å². The van der Waals surface area contributed by atoms with Gasteiger partial charge in [0.2, 0.25) is 5.88 Å². The van der Waals surface area contributed by atoms with Crippen LogP contribution in [0.25, 0.3) is 11.7 Å². The maximum Gasteiger partial charge on any atom is 0.269 e. The summed E-state index contributed by atoms with van der Waals surface area (Å²) >= 11 is 6.20. The number of thioether (sulfide) groups is 1. The number of fused-ring (bicyclic) bond motifs is 1. The van der Waals surface area contributed by atoms with E-state index in [9.17, 15) is 14.0 Å². The number of hydrogen-bond acceptors (Lipinski definition) is 6. The Morgan fingerprint density at radius 2 is 1.93 bits per heavy atom. The monoisotopic (exact) mass is 413 g/mol. The Hall–Kier alpha value is -3.04. The van der Waals surface area contributed by atoms with Crippen molar-refractivity contribution in [2.75, 3.05) is 7.05 Å². The van der Waals surface area contributed by atoms with Crippen molar-refractivity contribution < 1.29 is 13.9 Å². The summed E-state index contributed by atoms with van der Waals surface area (Å²) in [5, 5.41) is 0. The molecule has 28 heavy (non-hydrogen) atoms. The van der Waals surface area contributed by atoms with Gasteiger partial charge in [-0.2, -0.15) is 4.98 Å².